The second-order valence-corrected chi connectivity index (χ2v) is 10.3. The molecule has 0 saturated carbocycles. The first-order chi connectivity index (χ1) is 13.3. The van der Waals surface area contributed by atoms with Gasteiger partial charge in [0.1, 0.15) is 9.96 Å². The highest BCUT2D eigenvalue weighted by atomic mass is 32.2. The normalized spacial score (nSPS) is 15.8. The van der Waals surface area contributed by atoms with Crippen LogP contribution >= 0.6 is 11.3 Å². The van der Waals surface area contributed by atoms with Gasteiger partial charge in [0.2, 0.25) is 0 Å². The van der Waals surface area contributed by atoms with E-state index in [1.807, 2.05) is 25.1 Å². The number of nitrogens with zero attached hydrogens (tertiary/aromatic N) is 2. The van der Waals surface area contributed by atoms with E-state index in [1.165, 1.54) is 21.2 Å². The molecule has 1 aliphatic rings. The molecule has 1 fully saturated rings. The zero-order valence-corrected chi connectivity index (χ0v) is 18.1. The summed E-state index contributed by atoms with van der Waals surface area (Å²) in [6.45, 7) is 7.63. The van der Waals surface area contributed by atoms with E-state index < -0.39 is 10.0 Å². The van der Waals surface area contributed by atoms with Gasteiger partial charge in [0.05, 0.1) is 0 Å². The third-order valence-electron chi connectivity index (χ3n) is 4.91. The van der Waals surface area contributed by atoms with Gasteiger partial charge in [-0.2, -0.15) is 4.31 Å². The first-order valence-corrected chi connectivity index (χ1v) is 11.7. The minimum atomic E-state index is -3.46. The number of aryl methyl sites for hydroxylation is 1. The number of benzene rings is 1. The van der Waals surface area contributed by atoms with Crippen LogP contribution in [-0.2, 0) is 14.8 Å². The third-order valence-corrected chi connectivity index (χ3v) is 8.18. The van der Waals surface area contributed by atoms with Crippen LogP contribution in [-0.4, -0.2) is 56.3 Å². The van der Waals surface area contributed by atoms with Gasteiger partial charge in [0.15, 0.2) is 6.61 Å². The average Bonchev–Trinajstić information content (AvgIpc) is 3.21. The summed E-state index contributed by atoms with van der Waals surface area (Å²) in [5, 5.41) is 1.75. The van der Waals surface area contributed by atoms with Crippen LogP contribution in [0, 0.1) is 6.92 Å². The molecule has 2 aromatic rings. The van der Waals surface area contributed by atoms with Crippen molar-refractivity contribution in [2.24, 2.45) is 0 Å². The molecule has 0 unspecified atom stereocenters. The second kappa shape index (κ2) is 8.63. The second-order valence-electron chi connectivity index (χ2n) is 7.18. The quantitative estimate of drug-likeness (QED) is 0.718. The van der Waals surface area contributed by atoms with Gasteiger partial charge < -0.3 is 9.64 Å². The smallest absolute Gasteiger partial charge is 0.260 e. The molecule has 3 rings (SSSR count). The molecule has 0 aliphatic carbocycles. The predicted molar refractivity (Wildman–Crippen MR) is 110 cm³/mol. The molecule has 2 heterocycles. The van der Waals surface area contributed by atoms with Crippen molar-refractivity contribution in [2.75, 3.05) is 32.8 Å². The van der Waals surface area contributed by atoms with Crippen LogP contribution in [0.5, 0.6) is 5.75 Å². The van der Waals surface area contributed by atoms with Crippen molar-refractivity contribution >= 4 is 27.3 Å². The van der Waals surface area contributed by atoms with Crippen LogP contribution in [0.3, 0.4) is 0 Å². The monoisotopic (exact) mass is 422 g/mol. The molecule has 6 nitrogen and oxygen atoms in total. The van der Waals surface area contributed by atoms with Crippen LogP contribution < -0.4 is 4.74 Å². The Kier molecular flexibility index (Phi) is 6.42. The zero-order chi connectivity index (χ0) is 20.3. The first kappa shape index (κ1) is 20.8. The van der Waals surface area contributed by atoms with Crippen LogP contribution in [0.15, 0.2) is 39.9 Å². The van der Waals surface area contributed by atoms with Gasteiger partial charge in [-0.1, -0.05) is 26.0 Å². The molecule has 1 aromatic carbocycles. The van der Waals surface area contributed by atoms with Crippen LogP contribution in [0.4, 0.5) is 0 Å². The number of carbonyl (C=O) groups is 1. The molecule has 0 bridgehead atoms. The van der Waals surface area contributed by atoms with E-state index in [-0.39, 0.29) is 12.5 Å². The molecule has 0 radical (unpaired) electrons. The molecule has 0 spiro atoms. The number of hydrogen-bond donors (Lipinski definition) is 0. The van der Waals surface area contributed by atoms with Gasteiger partial charge in [0.25, 0.3) is 15.9 Å². The summed E-state index contributed by atoms with van der Waals surface area (Å²) >= 11 is 1.21. The number of hydrogen-bond acceptors (Lipinski definition) is 5. The molecule has 1 aliphatic heterocycles. The highest BCUT2D eigenvalue weighted by Crippen LogP contribution is 2.24. The number of piperazine rings is 1. The van der Waals surface area contributed by atoms with Gasteiger partial charge >= 0.3 is 0 Å². The lowest BCUT2D eigenvalue weighted by Gasteiger charge is -2.33. The topological polar surface area (TPSA) is 66.9 Å². The Morgan fingerprint density at radius 2 is 1.89 bits per heavy atom. The summed E-state index contributed by atoms with van der Waals surface area (Å²) in [7, 11) is -3.46. The maximum absolute atomic E-state index is 12.6. The molecular formula is C20H26N2O4S2. The number of rotatable bonds is 6. The summed E-state index contributed by atoms with van der Waals surface area (Å²) in [5.74, 6) is 0.991. The fraction of sp³-hybridized carbons (Fsp3) is 0.450. The Hall–Kier alpha value is -1.90. The molecule has 1 amide bonds. The SMILES string of the molecule is Cc1cc(OCC(=O)N2CCN(S(=O)(=O)c3cccs3)CC2)ccc1C(C)C. The molecule has 1 aromatic heterocycles. The number of thiophene rings is 1. The van der Waals surface area contributed by atoms with E-state index >= 15 is 0 Å². The van der Waals surface area contributed by atoms with Crippen LogP contribution in [0.25, 0.3) is 0 Å². The summed E-state index contributed by atoms with van der Waals surface area (Å²) < 4.78 is 32.6. The number of sulfonamides is 1. The molecule has 0 N–H and O–H groups in total. The molecule has 0 atom stereocenters. The fourth-order valence-corrected chi connectivity index (χ4v) is 5.90. The molecular weight excluding hydrogens is 396 g/mol. The van der Waals surface area contributed by atoms with Crippen molar-refractivity contribution in [3.05, 3.63) is 46.8 Å². The lowest BCUT2D eigenvalue weighted by molar-refractivity contribution is -0.134. The first-order valence-electron chi connectivity index (χ1n) is 9.34. The van der Waals surface area contributed by atoms with E-state index in [4.69, 9.17) is 4.74 Å². The Bertz CT molecular complexity index is 916. The van der Waals surface area contributed by atoms with Gasteiger partial charge in [-0.25, -0.2) is 8.42 Å². The zero-order valence-electron chi connectivity index (χ0n) is 16.4. The van der Waals surface area contributed by atoms with Crippen molar-refractivity contribution < 1.29 is 17.9 Å². The largest absolute Gasteiger partial charge is 0.484 e. The highest BCUT2D eigenvalue weighted by Gasteiger charge is 2.30. The van der Waals surface area contributed by atoms with Gasteiger partial charge in [-0.05, 0) is 47.5 Å². The molecule has 152 valence electrons. The third kappa shape index (κ3) is 4.56. The number of ether oxygens (including phenoxy) is 1. The maximum Gasteiger partial charge on any atom is 0.260 e. The van der Waals surface area contributed by atoms with Gasteiger partial charge in [0, 0.05) is 26.2 Å². The van der Waals surface area contributed by atoms with E-state index in [1.54, 1.807) is 22.4 Å². The van der Waals surface area contributed by atoms with Crippen LogP contribution in [0.1, 0.15) is 30.9 Å². The van der Waals surface area contributed by atoms with E-state index in [2.05, 4.69) is 13.8 Å². The van der Waals surface area contributed by atoms with Gasteiger partial charge in [-0.15, -0.1) is 11.3 Å². The molecule has 8 heteroatoms. The lowest BCUT2D eigenvalue weighted by atomic mass is 9.98. The summed E-state index contributed by atoms with van der Waals surface area (Å²) in [4.78, 5) is 14.1. The number of carbonyl (C=O) groups excluding carboxylic acids is 1. The average molecular weight is 423 g/mol. The minimum Gasteiger partial charge on any atom is -0.484 e. The van der Waals surface area contributed by atoms with Crippen LogP contribution in [0.2, 0.25) is 0 Å². The Morgan fingerprint density at radius 1 is 1.18 bits per heavy atom. The maximum atomic E-state index is 12.6. The van der Waals surface area contributed by atoms with Crippen molar-refractivity contribution in [1.29, 1.82) is 0 Å². The minimum absolute atomic E-state index is 0.0435. The van der Waals surface area contributed by atoms with E-state index in [0.717, 1.165) is 5.56 Å². The fourth-order valence-electron chi connectivity index (χ4n) is 3.34. The lowest BCUT2D eigenvalue weighted by Crippen LogP contribution is -2.51. The van der Waals surface area contributed by atoms with Crippen molar-refractivity contribution in [3.63, 3.8) is 0 Å². The standard InChI is InChI=1S/C20H26N2O4S2/c1-15(2)18-7-6-17(13-16(18)3)26-14-19(23)21-8-10-22(11-9-21)28(24,25)20-5-4-12-27-20/h4-7,12-13,15H,8-11,14H2,1-3H3. The Morgan fingerprint density at radius 3 is 2.46 bits per heavy atom. The Balaban J connectivity index is 1.52. The molecule has 1 saturated heterocycles. The van der Waals surface area contributed by atoms with Crippen molar-refractivity contribution in [2.45, 2.75) is 30.9 Å². The Labute approximate surface area is 170 Å². The highest BCUT2D eigenvalue weighted by molar-refractivity contribution is 7.91. The van der Waals surface area contributed by atoms with Crippen molar-refractivity contribution in [3.8, 4) is 5.75 Å². The van der Waals surface area contributed by atoms with Gasteiger partial charge in [-0.3, -0.25) is 4.79 Å². The molecule has 28 heavy (non-hydrogen) atoms. The summed E-state index contributed by atoms with van der Waals surface area (Å²) in [6.07, 6.45) is 0. The summed E-state index contributed by atoms with van der Waals surface area (Å²) in [6, 6.07) is 9.21. The predicted octanol–water partition coefficient (Wildman–Crippen LogP) is 3.09. The van der Waals surface area contributed by atoms with Crippen molar-refractivity contribution in [1.82, 2.24) is 9.21 Å². The number of amides is 1. The summed E-state index contributed by atoms with van der Waals surface area (Å²) in [5.41, 5.74) is 2.41. The van der Waals surface area contributed by atoms with E-state index in [9.17, 15) is 13.2 Å². The van der Waals surface area contributed by atoms with E-state index in [0.29, 0.717) is 42.1 Å².